The standard InChI is InChI=1S/C16H16F2N2O/c17-14-8-13(10-20-16(14)18)21-15(12-6-7-19-9-12)11-4-2-1-3-5-11/h1-5,8,10,12,15,19H,6-7,9H2/t12-,15-/m1/s1. The molecule has 0 aliphatic carbocycles. The number of nitrogens with zero attached hydrogens (tertiary/aromatic N) is 1. The summed E-state index contributed by atoms with van der Waals surface area (Å²) >= 11 is 0. The van der Waals surface area contributed by atoms with Gasteiger partial charge in [0.25, 0.3) is 0 Å². The van der Waals surface area contributed by atoms with Crippen molar-refractivity contribution in [1.29, 1.82) is 0 Å². The molecule has 3 nitrogen and oxygen atoms in total. The van der Waals surface area contributed by atoms with Gasteiger partial charge in [0, 0.05) is 18.5 Å². The van der Waals surface area contributed by atoms with E-state index in [4.69, 9.17) is 4.74 Å². The number of halogens is 2. The van der Waals surface area contributed by atoms with Crippen LogP contribution in [0.4, 0.5) is 8.78 Å². The molecule has 0 spiro atoms. The van der Waals surface area contributed by atoms with Crippen molar-refractivity contribution in [1.82, 2.24) is 10.3 Å². The molecule has 2 aromatic rings. The van der Waals surface area contributed by atoms with Gasteiger partial charge < -0.3 is 10.1 Å². The van der Waals surface area contributed by atoms with E-state index in [2.05, 4.69) is 10.3 Å². The molecule has 0 amide bonds. The molecule has 0 radical (unpaired) electrons. The summed E-state index contributed by atoms with van der Waals surface area (Å²) in [6.45, 7) is 1.78. The Labute approximate surface area is 122 Å². The molecule has 1 aliphatic rings. The monoisotopic (exact) mass is 290 g/mol. The molecule has 1 aromatic carbocycles. The van der Waals surface area contributed by atoms with Gasteiger partial charge in [0.15, 0.2) is 5.82 Å². The van der Waals surface area contributed by atoms with Crippen molar-refractivity contribution in [3.05, 3.63) is 59.9 Å². The first-order valence-electron chi connectivity index (χ1n) is 6.97. The molecule has 0 saturated carbocycles. The Balaban J connectivity index is 1.86. The van der Waals surface area contributed by atoms with Crippen molar-refractivity contribution in [2.45, 2.75) is 12.5 Å². The van der Waals surface area contributed by atoms with Gasteiger partial charge in [0.2, 0.25) is 5.95 Å². The summed E-state index contributed by atoms with van der Waals surface area (Å²) in [6.07, 6.45) is 2.00. The van der Waals surface area contributed by atoms with Gasteiger partial charge in [-0.15, -0.1) is 0 Å². The fraction of sp³-hybridized carbons (Fsp3) is 0.312. The van der Waals surface area contributed by atoms with Gasteiger partial charge in [-0.25, -0.2) is 9.37 Å². The summed E-state index contributed by atoms with van der Waals surface area (Å²) in [6, 6.07) is 10.8. The maximum Gasteiger partial charge on any atom is 0.249 e. The van der Waals surface area contributed by atoms with E-state index < -0.39 is 11.8 Å². The average molecular weight is 290 g/mol. The second kappa shape index (κ2) is 6.18. The van der Waals surface area contributed by atoms with Gasteiger partial charge in [-0.3, -0.25) is 0 Å². The third kappa shape index (κ3) is 3.19. The lowest BCUT2D eigenvalue weighted by molar-refractivity contribution is 0.143. The molecule has 1 aromatic heterocycles. The van der Waals surface area contributed by atoms with Crippen molar-refractivity contribution in [2.75, 3.05) is 13.1 Å². The highest BCUT2D eigenvalue weighted by molar-refractivity contribution is 5.23. The zero-order valence-electron chi connectivity index (χ0n) is 11.4. The van der Waals surface area contributed by atoms with Crippen LogP contribution in [0, 0.1) is 17.7 Å². The van der Waals surface area contributed by atoms with Gasteiger partial charge in [-0.05, 0) is 18.5 Å². The Kier molecular flexibility index (Phi) is 4.10. The summed E-state index contributed by atoms with van der Waals surface area (Å²) in [5.41, 5.74) is 1.02. The number of ether oxygens (including phenoxy) is 1. The molecule has 1 aliphatic heterocycles. The van der Waals surface area contributed by atoms with E-state index in [0.29, 0.717) is 5.92 Å². The molecule has 1 saturated heterocycles. The third-order valence-electron chi connectivity index (χ3n) is 3.69. The number of nitrogens with one attached hydrogen (secondary N) is 1. The lowest BCUT2D eigenvalue weighted by Crippen LogP contribution is -2.21. The molecule has 5 heteroatoms. The molecular formula is C16H16F2N2O. The average Bonchev–Trinajstić information content (AvgIpc) is 3.03. The minimum absolute atomic E-state index is 0.201. The SMILES string of the molecule is Fc1cc(O[C@H](c2ccccc2)[C@@H]2CCNC2)cnc1F. The smallest absolute Gasteiger partial charge is 0.249 e. The largest absolute Gasteiger partial charge is 0.484 e. The summed E-state index contributed by atoms with van der Waals surface area (Å²) in [7, 11) is 0. The Morgan fingerprint density at radius 2 is 2.05 bits per heavy atom. The van der Waals surface area contributed by atoms with Gasteiger partial charge in [-0.1, -0.05) is 30.3 Å². The molecule has 0 bridgehead atoms. The van der Waals surface area contributed by atoms with Crippen LogP contribution < -0.4 is 10.1 Å². The summed E-state index contributed by atoms with van der Waals surface area (Å²) in [5.74, 6) is -1.57. The van der Waals surface area contributed by atoms with E-state index in [1.54, 1.807) is 0 Å². The van der Waals surface area contributed by atoms with Crippen LogP contribution in [0.3, 0.4) is 0 Å². The maximum absolute atomic E-state index is 13.3. The molecule has 1 N–H and O–H groups in total. The summed E-state index contributed by atoms with van der Waals surface area (Å²) < 4.78 is 32.1. The van der Waals surface area contributed by atoms with Crippen LogP contribution in [0.25, 0.3) is 0 Å². The van der Waals surface area contributed by atoms with E-state index in [-0.39, 0.29) is 11.9 Å². The minimum Gasteiger partial charge on any atom is -0.484 e. The predicted octanol–water partition coefficient (Wildman–Crippen LogP) is 3.09. The van der Waals surface area contributed by atoms with E-state index in [1.807, 2.05) is 30.3 Å². The number of hydrogen-bond acceptors (Lipinski definition) is 3. The van der Waals surface area contributed by atoms with Crippen molar-refractivity contribution >= 4 is 0 Å². The van der Waals surface area contributed by atoms with Crippen molar-refractivity contribution in [2.24, 2.45) is 5.92 Å². The first kappa shape index (κ1) is 13.9. The van der Waals surface area contributed by atoms with Gasteiger partial charge in [-0.2, -0.15) is 4.39 Å². The Bertz CT molecular complexity index is 600. The van der Waals surface area contributed by atoms with E-state index in [1.165, 1.54) is 6.20 Å². The first-order valence-corrected chi connectivity index (χ1v) is 6.97. The Hall–Kier alpha value is -2.01. The van der Waals surface area contributed by atoms with Gasteiger partial charge >= 0.3 is 0 Å². The van der Waals surface area contributed by atoms with E-state index in [9.17, 15) is 8.78 Å². The fourth-order valence-corrected chi connectivity index (χ4v) is 2.63. The molecule has 1 fully saturated rings. The predicted molar refractivity (Wildman–Crippen MR) is 74.9 cm³/mol. The molecule has 0 unspecified atom stereocenters. The van der Waals surface area contributed by atoms with Crippen LogP contribution in [0.5, 0.6) is 5.75 Å². The number of rotatable bonds is 4. The quantitative estimate of drug-likeness (QED) is 0.879. The summed E-state index contributed by atoms with van der Waals surface area (Å²) in [4.78, 5) is 3.37. The Morgan fingerprint density at radius 3 is 2.71 bits per heavy atom. The van der Waals surface area contributed by atoms with E-state index >= 15 is 0 Å². The molecule has 2 heterocycles. The van der Waals surface area contributed by atoms with Crippen LogP contribution in [0.2, 0.25) is 0 Å². The van der Waals surface area contributed by atoms with Gasteiger partial charge in [0.05, 0.1) is 6.20 Å². The molecule has 3 rings (SSSR count). The highest BCUT2D eigenvalue weighted by Gasteiger charge is 2.28. The molecule has 110 valence electrons. The van der Waals surface area contributed by atoms with Crippen LogP contribution in [0.15, 0.2) is 42.6 Å². The van der Waals surface area contributed by atoms with Crippen LogP contribution in [-0.4, -0.2) is 18.1 Å². The van der Waals surface area contributed by atoms with Gasteiger partial charge in [0.1, 0.15) is 11.9 Å². The lowest BCUT2D eigenvalue weighted by atomic mass is 9.95. The second-order valence-corrected chi connectivity index (χ2v) is 5.15. The fourth-order valence-electron chi connectivity index (χ4n) is 2.63. The third-order valence-corrected chi connectivity index (χ3v) is 3.69. The molecule has 2 atom stereocenters. The zero-order valence-corrected chi connectivity index (χ0v) is 11.4. The highest BCUT2D eigenvalue weighted by Crippen LogP contribution is 2.32. The Morgan fingerprint density at radius 1 is 1.24 bits per heavy atom. The van der Waals surface area contributed by atoms with Crippen LogP contribution >= 0.6 is 0 Å². The molecular weight excluding hydrogens is 274 g/mol. The number of aromatic nitrogens is 1. The second-order valence-electron chi connectivity index (χ2n) is 5.15. The number of pyridine rings is 1. The zero-order chi connectivity index (χ0) is 14.7. The number of benzene rings is 1. The highest BCUT2D eigenvalue weighted by atomic mass is 19.2. The number of hydrogen-bond donors (Lipinski definition) is 1. The summed E-state index contributed by atoms with van der Waals surface area (Å²) in [5, 5.41) is 3.30. The van der Waals surface area contributed by atoms with Crippen molar-refractivity contribution < 1.29 is 13.5 Å². The van der Waals surface area contributed by atoms with Crippen molar-refractivity contribution in [3.8, 4) is 5.75 Å². The topological polar surface area (TPSA) is 34.1 Å². The van der Waals surface area contributed by atoms with E-state index in [0.717, 1.165) is 31.1 Å². The minimum atomic E-state index is -1.11. The first-order chi connectivity index (χ1) is 10.2. The maximum atomic E-state index is 13.3. The van der Waals surface area contributed by atoms with Crippen LogP contribution in [0.1, 0.15) is 18.1 Å². The lowest BCUT2D eigenvalue weighted by Gasteiger charge is -2.24. The van der Waals surface area contributed by atoms with Crippen molar-refractivity contribution in [3.63, 3.8) is 0 Å². The normalized spacial score (nSPS) is 19.4. The van der Waals surface area contributed by atoms with Crippen LogP contribution in [-0.2, 0) is 0 Å². The molecule has 21 heavy (non-hydrogen) atoms.